The molecule has 0 bridgehead atoms. The normalized spacial score (nSPS) is 10.5. The highest BCUT2D eigenvalue weighted by molar-refractivity contribution is 6.32. The fraction of sp³-hybridized carbons (Fsp3) is 0.357. The maximum Gasteiger partial charge on any atom is 0.230 e. The molecule has 0 saturated carbocycles. The van der Waals surface area contributed by atoms with Crippen LogP contribution in [0.5, 0.6) is 5.75 Å². The van der Waals surface area contributed by atoms with Gasteiger partial charge in [0, 0.05) is 18.7 Å². The lowest BCUT2D eigenvalue weighted by atomic mass is 10.2. The van der Waals surface area contributed by atoms with Gasteiger partial charge in [0.2, 0.25) is 11.2 Å². The zero-order valence-corrected chi connectivity index (χ0v) is 13.6. The summed E-state index contributed by atoms with van der Waals surface area (Å²) in [5, 5.41) is 0.696. The van der Waals surface area contributed by atoms with Gasteiger partial charge in [-0.1, -0.05) is 11.6 Å². The standard InChI is InChI=1S/C14H16Cl2N4O/c1-4-20(5-2)14-18-12(17-13(16)19-14)9-6-7-10(15)11(8-9)21-3/h6-8H,4-5H2,1-3H3. The van der Waals surface area contributed by atoms with Gasteiger partial charge in [-0.25, -0.2) is 0 Å². The SMILES string of the molecule is CCN(CC)c1nc(Cl)nc(-c2ccc(Cl)c(OC)c2)n1. The van der Waals surface area contributed by atoms with Crippen LogP contribution in [0.25, 0.3) is 11.4 Å². The van der Waals surface area contributed by atoms with Gasteiger partial charge < -0.3 is 9.64 Å². The lowest BCUT2D eigenvalue weighted by Gasteiger charge is -2.18. The highest BCUT2D eigenvalue weighted by atomic mass is 35.5. The zero-order chi connectivity index (χ0) is 15.4. The molecule has 0 aliphatic rings. The van der Waals surface area contributed by atoms with Crippen molar-refractivity contribution in [3.05, 3.63) is 28.5 Å². The number of halogens is 2. The fourth-order valence-electron chi connectivity index (χ4n) is 1.92. The predicted octanol–water partition coefficient (Wildman–Crippen LogP) is 3.70. The van der Waals surface area contributed by atoms with E-state index in [-0.39, 0.29) is 5.28 Å². The molecule has 21 heavy (non-hydrogen) atoms. The molecule has 0 aliphatic heterocycles. The average molecular weight is 327 g/mol. The molecular formula is C14H16Cl2N4O. The molecule has 0 atom stereocenters. The third-order valence-corrected chi connectivity index (χ3v) is 3.53. The van der Waals surface area contributed by atoms with Crippen molar-refractivity contribution in [3.8, 4) is 17.1 Å². The predicted molar refractivity (Wildman–Crippen MR) is 85.4 cm³/mol. The second-order valence-electron chi connectivity index (χ2n) is 4.25. The Morgan fingerprint density at radius 3 is 2.43 bits per heavy atom. The maximum atomic E-state index is 6.03. The minimum Gasteiger partial charge on any atom is -0.495 e. The molecule has 1 aromatic heterocycles. The molecule has 2 rings (SSSR count). The molecule has 0 radical (unpaired) electrons. The van der Waals surface area contributed by atoms with E-state index >= 15 is 0 Å². The van der Waals surface area contributed by atoms with E-state index in [1.54, 1.807) is 19.2 Å². The van der Waals surface area contributed by atoms with Gasteiger partial charge in [0.05, 0.1) is 12.1 Å². The van der Waals surface area contributed by atoms with E-state index in [1.165, 1.54) is 0 Å². The highest BCUT2D eigenvalue weighted by Gasteiger charge is 2.13. The van der Waals surface area contributed by atoms with Gasteiger partial charge in [0.15, 0.2) is 5.82 Å². The maximum absolute atomic E-state index is 6.03. The fourth-order valence-corrected chi connectivity index (χ4v) is 2.27. The van der Waals surface area contributed by atoms with Gasteiger partial charge in [-0.2, -0.15) is 15.0 Å². The first kappa shape index (κ1) is 15.8. The quantitative estimate of drug-likeness (QED) is 0.838. The van der Waals surface area contributed by atoms with Gasteiger partial charge in [0.1, 0.15) is 5.75 Å². The third kappa shape index (κ3) is 3.54. The summed E-state index contributed by atoms with van der Waals surface area (Å²) in [6, 6.07) is 5.34. The van der Waals surface area contributed by atoms with E-state index in [0.29, 0.717) is 22.5 Å². The van der Waals surface area contributed by atoms with Crippen molar-refractivity contribution in [3.63, 3.8) is 0 Å². The first-order chi connectivity index (χ1) is 10.1. The Balaban J connectivity index is 2.49. The second-order valence-corrected chi connectivity index (χ2v) is 4.99. The number of benzene rings is 1. The summed E-state index contributed by atoms with van der Waals surface area (Å²) in [6.45, 7) is 5.65. The summed E-state index contributed by atoms with van der Waals surface area (Å²) in [5.74, 6) is 1.62. The van der Waals surface area contributed by atoms with Gasteiger partial charge >= 0.3 is 0 Å². The van der Waals surface area contributed by atoms with Crippen LogP contribution in [0.4, 0.5) is 5.95 Å². The summed E-state index contributed by atoms with van der Waals surface area (Å²) in [5.41, 5.74) is 0.772. The van der Waals surface area contributed by atoms with E-state index in [9.17, 15) is 0 Å². The Hall–Kier alpha value is -1.59. The van der Waals surface area contributed by atoms with Crippen molar-refractivity contribution in [1.82, 2.24) is 15.0 Å². The van der Waals surface area contributed by atoms with Crippen LogP contribution in [-0.4, -0.2) is 35.2 Å². The molecule has 5 nitrogen and oxygen atoms in total. The van der Waals surface area contributed by atoms with Gasteiger partial charge in [-0.05, 0) is 43.6 Å². The van der Waals surface area contributed by atoms with Gasteiger partial charge in [0.25, 0.3) is 0 Å². The molecule has 1 aromatic carbocycles. The molecule has 0 unspecified atom stereocenters. The zero-order valence-electron chi connectivity index (χ0n) is 12.1. The Labute approximate surface area is 133 Å². The van der Waals surface area contributed by atoms with Gasteiger partial charge in [-0.3, -0.25) is 0 Å². The summed E-state index contributed by atoms with van der Waals surface area (Å²) in [4.78, 5) is 14.8. The number of ether oxygens (including phenoxy) is 1. The average Bonchev–Trinajstić information content (AvgIpc) is 2.48. The second kappa shape index (κ2) is 6.91. The molecule has 0 amide bonds. The first-order valence-electron chi connectivity index (χ1n) is 6.59. The summed E-state index contributed by atoms with van der Waals surface area (Å²) in [7, 11) is 1.56. The Kier molecular flexibility index (Phi) is 5.20. The van der Waals surface area contributed by atoms with Crippen LogP contribution in [0.1, 0.15) is 13.8 Å². The van der Waals surface area contributed by atoms with Crippen LogP contribution < -0.4 is 9.64 Å². The van der Waals surface area contributed by atoms with Crippen LogP contribution in [0.2, 0.25) is 10.3 Å². The van der Waals surface area contributed by atoms with Crippen LogP contribution in [-0.2, 0) is 0 Å². The lowest BCUT2D eigenvalue weighted by Crippen LogP contribution is -2.24. The largest absolute Gasteiger partial charge is 0.495 e. The molecule has 0 saturated heterocycles. The molecule has 0 spiro atoms. The number of rotatable bonds is 5. The van der Waals surface area contributed by atoms with Crippen molar-refractivity contribution in [2.24, 2.45) is 0 Å². The first-order valence-corrected chi connectivity index (χ1v) is 7.35. The lowest BCUT2D eigenvalue weighted by molar-refractivity contribution is 0.415. The number of nitrogens with zero attached hydrogens (tertiary/aromatic N) is 4. The number of hydrogen-bond acceptors (Lipinski definition) is 5. The number of anilines is 1. The minimum absolute atomic E-state index is 0.163. The van der Waals surface area contributed by atoms with Crippen LogP contribution >= 0.6 is 23.2 Å². The summed E-state index contributed by atoms with van der Waals surface area (Å²) in [6.07, 6.45) is 0. The van der Waals surface area contributed by atoms with Crippen molar-refractivity contribution in [2.45, 2.75) is 13.8 Å². The van der Waals surface area contributed by atoms with Crippen molar-refractivity contribution < 1.29 is 4.74 Å². The molecular weight excluding hydrogens is 311 g/mol. The van der Waals surface area contributed by atoms with Crippen molar-refractivity contribution >= 4 is 29.2 Å². The molecule has 0 N–H and O–H groups in total. The van der Waals surface area contributed by atoms with Crippen LogP contribution in [0.3, 0.4) is 0 Å². The Morgan fingerprint density at radius 1 is 1.10 bits per heavy atom. The van der Waals surface area contributed by atoms with E-state index in [2.05, 4.69) is 15.0 Å². The molecule has 7 heteroatoms. The molecule has 112 valence electrons. The van der Waals surface area contributed by atoms with Crippen molar-refractivity contribution in [1.29, 1.82) is 0 Å². The van der Waals surface area contributed by atoms with Crippen LogP contribution in [0, 0.1) is 0 Å². The molecule has 0 fully saturated rings. The van der Waals surface area contributed by atoms with E-state index < -0.39 is 0 Å². The van der Waals surface area contributed by atoms with E-state index in [1.807, 2.05) is 24.8 Å². The number of methoxy groups -OCH3 is 1. The Bertz CT molecular complexity index is 632. The summed E-state index contributed by atoms with van der Waals surface area (Å²) < 4.78 is 5.21. The monoisotopic (exact) mass is 326 g/mol. The highest BCUT2D eigenvalue weighted by Crippen LogP contribution is 2.29. The summed E-state index contributed by atoms with van der Waals surface area (Å²) >= 11 is 12.0. The third-order valence-electron chi connectivity index (χ3n) is 3.05. The molecule has 2 aromatic rings. The molecule has 0 aliphatic carbocycles. The van der Waals surface area contributed by atoms with Crippen LogP contribution in [0.15, 0.2) is 18.2 Å². The van der Waals surface area contributed by atoms with Crippen molar-refractivity contribution in [2.75, 3.05) is 25.1 Å². The number of hydrogen-bond donors (Lipinski definition) is 0. The van der Waals surface area contributed by atoms with Gasteiger partial charge in [-0.15, -0.1) is 0 Å². The smallest absolute Gasteiger partial charge is 0.230 e. The Morgan fingerprint density at radius 2 is 1.81 bits per heavy atom. The molecule has 1 heterocycles. The van der Waals surface area contributed by atoms with E-state index in [4.69, 9.17) is 27.9 Å². The minimum atomic E-state index is 0.163. The topological polar surface area (TPSA) is 51.1 Å². The number of aromatic nitrogens is 3. The van der Waals surface area contributed by atoms with E-state index in [0.717, 1.165) is 18.7 Å².